The lowest BCUT2D eigenvalue weighted by Crippen LogP contribution is -2.34. The van der Waals surface area contributed by atoms with Crippen LogP contribution in [-0.4, -0.2) is 51.0 Å². The smallest absolute Gasteiger partial charge is 0.259 e. The van der Waals surface area contributed by atoms with E-state index in [1.165, 1.54) is 39.7 Å². The van der Waals surface area contributed by atoms with E-state index in [9.17, 15) is 14.7 Å². The summed E-state index contributed by atoms with van der Waals surface area (Å²) in [4.78, 5) is 24.0. The Hall–Kier alpha value is -3.75. The van der Waals surface area contributed by atoms with Crippen LogP contribution < -0.4 is 25.0 Å². The first-order valence-electron chi connectivity index (χ1n) is 8.17. The number of carbonyl (C=O) groups is 2. The molecule has 3 N–H and O–H groups in total. The van der Waals surface area contributed by atoms with Gasteiger partial charge in [-0.15, -0.1) is 0 Å². The minimum absolute atomic E-state index is 0.00144. The Morgan fingerprint density at radius 2 is 1.71 bits per heavy atom. The molecule has 0 radical (unpaired) electrons. The van der Waals surface area contributed by atoms with Crippen molar-refractivity contribution in [2.24, 2.45) is 5.10 Å². The molecule has 0 saturated heterocycles. The van der Waals surface area contributed by atoms with Crippen LogP contribution in [0.2, 0.25) is 0 Å². The molecule has 0 aliphatic rings. The molecule has 0 spiro atoms. The Kier molecular flexibility index (Phi) is 7.21. The number of phenolic OH excluding ortho intramolecular Hbond substituents is 1. The van der Waals surface area contributed by atoms with E-state index in [1.54, 1.807) is 24.3 Å². The Bertz CT molecular complexity index is 882. The lowest BCUT2D eigenvalue weighted by Gasteiger charge is -2.09. The molecule has 9 nitrogen and oxygen atoms in total. The monoisotopic (exact) mass is 387 g/mol. The quantitative estimate of drug-likeness (QED) is 0.464. The second-order valence-corrected chi connectivity index (χ2v) is 5.48. The van der Waals surface area contributed by atoms with Crippen molar-refractivity contribution in [2.45, 2.75) is 0 Å². The Morgan fingerprint density at radius 3 is 2.39 bits per heavy atom. The number of aromatic hydroxyl groups is 1. The highest BCUT2D eigenvalue weighted by atomic mass is 16.5. The molecule has 28 heavy (non-hydrogen) atoms. The molecule has 0 fully saturated rings. The largest absolute Gasteiger partial charge is 0.504 e. The molecule has 148 valence electrons. The number of hydrogen-bond donors (Lipinski definition) is 3. The summed E-state index contributed by atoms with van der Waals surface area (Å²) >= 11 is 0. The summed E-state index contributed by atoms with van der Waals surface area (Å²) in [5.74, 6) is 0.253. The fraction of sp³-hybridized carbons (Fsp3) is 0.211. The number of nitrogens with zero attached hydrogens (tertiary/aromatic N) is 1. The van der Waals surface area contributed by atoms with Gasteiger partial charge in [0, 0.05) is 5.56 Å². The first-order valence-corrected chi connectivity index (χ1v) is 8.17. The third kappa shape index (κ3) is 5.37. The van der Waals surface area contributed by atoms with Crippen LogP contribution in [0.4, 0.5) is 0 Å². The van der Waals surface area contributed by atoms with Gasteiger partial charge in [0.15, 0.2) is 23.0 Å². The van der Waals surface area contributed by atoms with Crippen molar-refractivity contribution in [3.63, 3.8) is 0 Å². The SMILES string of the molecule is COc1cc(/C=N/NC(=O)CNC(=O)c2ccc(OC)c(OC)c2)ccc1O. The standard InChI is InChI=1S/C19H21N3O6/c1-26-15-7-5-13(9-17(15)28-3)19(25)20-11-18(24)22-21-10-12-4-6-14(23)16(8-12)27-2/h4-10,23H,11H2,1-3H3,(H,20,25)(H,22,24)/b21-10+. The van der Waals surface area contributed by atoms with Crippen molar-refractivity contribution >= 4 is 18.0 Å². The molecule has 0 bridgehead atoms. The van der Waals surface area contributed by atoms with E-state index in [-0.39, 0.29) is 18.0 Å². The minimum atomic E-state index is -0.504. The number of amides is 2. The van der Waals surface area contributed by atoms with Gasteiger partial charge in [0.1, 0.15) is 0 Å². The van der Waals surface area contributed by atoms with Gasteiger partial charge in [-0.3, -0.25) is 9.59 Å². The second kappa shape index (κ2) is 9.81. The van der Waals surface area contributed by atoms with Crippen molar-refractivity contribution in [3.8, 4) is 23.0 Å². The summed E-state index contributed by atoms with van der Waals surface area (Å²) in [5, 5.41) is 15.8. The third-order valence-corrected chi connectivity index (χ3v) is 3.66. The zero-order chi connectivity index (χ0) is 20.5. The molecule has 0 atom stereocenters. The van der Waals surface area contributed by atoms with Gasteiger partial charge in [-0.2, -0.15) is 5.10 Å². The third-order valence-electron chi connectivity index (χ3n) is 3.66. The molecule has 2 aromatic carbocycles. The van der Waals surface area contributed by atoms with Gasteiger partial charge < -0.3 is 24.6 Å². The van der Waals surface area contributed by atoms with Gasteiger partial charge >= 0.3 is 0 Å². The molecule has 2 aromatic rings. The maximum absolute atomic E-state index is 12.2. The van der Waals surface area contributed by atoms with Crippen LogP contribution in [-0.2, 0) is 4.79 Å². The summed E-state index contributed by atoms with van der Waals surface area (Å²) in [6.45, 7) is -0.260. The van der Waals surface area contributed by atoms with Gasteiger partial charge in [0.05, 0.1) is 34.1 Å². The zero-order valence-corrected chi connectivity index (χ0v) is 15.7. The van der Waals surface area contributed by atoms with Crippen molar-refractivity contribution in [1.29, 1.82) is 0 Å². The van der Waals surface area contributed by atoms with Crippen LogP contribution >= 0.6 is 0 Å². The molecule has 0 saturated carbocycles. The van der Waals surface area contributed by atoms with E-state index < -0.39 is 11.8 Å². The highest BCUT2D eigenvalue weighted by Crippen LogP contribution is 2.27. The van der Waals surface area contributed by atoms with Crippen LogP contribution in [0.3, 0.4) is 0 Å². The molecule has 0 aliphatic carbocycles. The highest BCUT2D eigenvalue weighted by Gasteiger charge is 2.11. The number of methoxy groups -OCH3 is 3. The zero-order valence-electron chi connectivity index (χ0n) is 15.7. The van der Waals surface area contributed by atoms with E-state index in [2.05, 4.69) is 15.8 Å². The fourth-order valence-corrected chi connectivity index (χ4v) is 2.23. The second-order valence-electron chi connectivity index (χ2n) is 5.48. The van der Waals surface area contributed by atoms with Gasteiger partial charge in [-0.05, 0) is 42.0 Å². The number of nitrogens with one attached hydrogen (secondary N) is 2. The van der Waals surface area contributed by atoms with Gasteiger partial charge in [-0.1, -0.05) is 0 Å². The highest BCUT2D eigenvalue weighted by molar-refractivity contribution is 5.97. The molecule has 0 heterocycles. The average Bonchev–Trinajstić information content (AvgIpc) is 2.72. The fourth-order valence-electron chi connectivity index (χ4n) is 2.23. The van der Waals surface area contributed by atoms with Gasteiger partial charge in [-0.25, -0.2) is 5.43 Å². The predicted octanol–water partition coefficient (Wildman–Crippen LogP) is 1.30. The van der Waals surface area contributed by atoms with Crippen molar-refractivity contribution in [2.75, 3.05) is 27.9 Å². The molecule has 2 amide bonds. The van der Waals surface area contributed by atoms with E-state index in [0.717, 1.165) is 0 Å². The van der Waals surface area contributed by atoms with Crippen LogP contribution in [0.1, 0.15) is 15.9 Å². The number of hydrogen-bond acceptors (Lipinski definition) is 7. The Morgan fingerprint density at radius 1 is 1.00 bits per heavy atom. The van der Waals surface area contributed by atoms with Crippen LogP contribution in [0.5, 0.6) is 23.0 Å². The summed E-state index contributed by atoms with van der Waals surface area (Å²) in [6, 6.07) is 9.29. The summed E-state index contributed by atoms with van der Waals surface area (Å²) in [5.41, 5.74) is 3.24. The number of phenols is 1. The van der Waals surface area contributed by atoms with E-state index in [1.807, 2.05) is 0 Å². The molecule has 0 aliphatic heterocycles. The van der Waals surface area contributed by atoms with Crippen molar-refractivity contribution in [1.82, 2.24) is 10.7 Å². The van der Waals surface area contributed by atoms with E-state index in [0.29, 0.717) is 22.6 Å². The van der Waals surface area contributed by atoms with Gasteiger partial charge in [0.2, 0.25) is 0 Å². The predicted molar refractivity (Wildman–Crippen MR) is 102 cm³/mol. The Labute approximate surface area is 161 Å². The van der Waals surface area contributed by atoms with Crippen LogP contribution in [0.25, 0.3) is 0 Å². The molecule has 2 rings (SSSR count). The maximum Gasteiger partial charge on any atom is 0.259 e. The number of ether oxygens (including phenoxy) is 3. The van der Waals surface area contributed by atoms with Crippen molar-refractivity contribution in [3.05, 3.63) is 47.5 Å². The summed E-state index contributed by atoms with van der Waals surface area (Å²) < 4.78 is 15.2. The molecular formula is C19H21N3O6. The van der Waals surface area contributed by atoms with Gasteiger partial charge in [0.25, 0.3) is 11.8 Å². The van der Waals surface area contributed by atoms with Crippen LogP contribution in [0, 0.1) is 0 Å². The molecule has 0 unspecified atom stereocenters. The van der Waals surface area contributed by atoms with E-state index >= 15 is 0 Å². The first kappa shape index (κ1) is 20.6. The van der Waals surface area contributed by atoms with Crippen LogP contribution in [0.15, 0.2) is 41.5 Å². The lowest BCUT2D eigenvalue weighted by atomic mass is 10.2. The summed E-state index contributed by atoms with van der Waals surface area (Å²) in [6.07, 6.45) is 1.38. The van der Waals surface area contributed by atoms with E-state index in [4.69, 9.17) is 14.2 Å². The number of benzene rings is 2. The number of hydrazone groups is 1. The number of rotatable bonds is 8. The lowest BCUT2D eigenvalue weighted by molar-refractivity contribution is -0.120. The topological polar surface area (TPSA) is 118 Å². The molecular weight excluding hydrogens is 366 g/mol. The minimum Gasteiger partial charge on any atom is -0.504 e. The first-order chi connectivity index (χ1) is 13.5. The normalized spacial score (nSPS) is 10.4. The summed E-state index contributed by atoms with van der Waals surface area (Å²) in [7, 11) is 4.39. The molecule has 0 aromatic heterocycles. The van der Waals surface area contributed by atoms with Crippen molar-refractivity contribution < 1.29 is 28.9 Å². The maximum atomic E-state index is 12.2. The molecule has 9 heteroatoms. The number of carbonyl (C=O) groups excluding carboxylic acids is 2. The average molecular weight is 387 g/mol. The Balaban J connectivity index is 1.87.